The van der Waals surface area contributed by atoms with Crippen LogP contribution in [0.3, 0.4) is 0 Å². The minimum absolute atomic E-state index is 0.0771. The number of pyridine rings is 1. The molecule has 1 fully saturated rings. The van der Waals surface area contributed by atoms with Crippen molar-refractivity contribution in [3.8, 4) is 5.88 Å². The van der Waals surface area contributed by atoms with Crippen molar-refractivity contribution >= 4 is 16.8 Å². The predicted octanol–water partition coefficient (Wildman–Crippen LogP) is 2.51. The molecule has 106 valence electrons. The van der Waals surface area contributed by atoms with E-state index in [0.717, 1.165) is 22.3 Å². The van der Waals surface area contributed by atoms with Gasteiger partial charge >= 0.3 is 0 Å². The summed E-state index contributed by atoms with van der Waals surface area (Å²) >= 11 is 0. The molecule has 0 saturated heterocycles. The molecule has 1 aliphatic rings. The number of hydrogen-bond acceptors (Lipinski definition) is 4. The minimum atomic E-state index is 0.0771. The maximum atomic E-state index is 11.3. The Hall–Kier alpha value is -1.91. The first-order valence-corrected chi connectivity index (χ1v) is 7.09. The number of carbonyl (C=O) groups is 1. The van der Waals surface area contributed by atoms with Crippen LogP contribution in [0.5, 0.6) is 5.88 Å². The second-order valence-corrected chi connectivity index (χ2v) is 5.44. The van der Waals surface area contributed by atoms with Crippen LogP contribution < -0.4 is 4.74 Å². The number of aromatic nitrogens is 3. The van der Waals surface area contributed by atoms with Crippen molar-refractivity contribution in [3.05, 3.63) is 17.3 Å². The summed E-state index contributed by atoms with van der Waals surface area (Å²) in [6, 6.07) is 1.90. The molecule has 1 saturated carbocycles. The molecule has 0 aliphatic heterocycles. The van der Waals surface area contributed by atoms with Gasteiger partial charge in [-0.2, -0.15) is 10.1 Å². The third-order valence-corrected chi connectivity index (χ3v) is 3.73. The molecule has 0 bridgehead atoms. The fourth-order valence-corrected chi connectivity index (χ4v) is 2.41. The van der Waals surface area contributed by atoms with Crippen LogP contribution in [0.4, 0.5) is 0 Å². The van der Waals surface area contributed by atoms with E-state index in [4.69, 9.17) is 4.74 Å². The molecule has 0 aromatic carbocycles. The maximum absolute atomic E-state index is 11.3. The van der Waals surface area contributed by atoms with Crippen LogP contribution in [-0.4, -0.2) is 27.2 Å². The lowest BCUT2D eigenvalue weighted by Crippen LogP contribution is -2.10. The van der Waals surface area contributed by atoms with E-state index in [0.29, 0.717) is 18.2 Å². The SMILES string of the molecule is CCC(=O)COc1cc(C)c2c(C3CC3)nn(C)c2n1. The molecule has 2 aromatic rings. The third-order valence-electron chi connectivity index (χ3n) is 3.73. The van der Waals surface area contributed by atoms with Crippen molar-refractivity contribution in [3.63, 3.8) is 0 Å². The van der Waals surface area contributed by atoms with Crippen molar-refractivity contribution in [2.75, 3.05) is 6.61 Å². The smallest absolute Gasteiger partial charge is 0.215 e. The summed E-state index contributed by atoms with van der Waals surface area (Å²) in [4.78, 5) is 15.8. The highest BCUT2D eigenvalue weighted by molar-refractivity contribution is 5.84. The Morgan fingerprint density at radius 1 is 1.50 bits per heavy atom. The van der Waals surface area contributed by atoms with Crippen LogP contribution >= 0.6 is 0 Å². The molecule has 2 heterocycles. The van der Waals surface area contributed by atoms with Gasteiger partial charge in [-0.15, -0.1) is 0 Å². The topological polar surface area (TPSA) is 57.0 Å². The summed E-state index contributed by atoms with van der Waals surface area (Å²) in [6.45, 7) is 3.96. The molecule has 20 heavy (non-hydrogen) atoms. The molecule has 0 spiro atoms. The van der Waals surface area contributed by atoms with E-state index in [1.807, 2.05) is 31.6 Å². The molecular weight excluding hydrogens is 254 g/mol. The lowest BCUT2D eigenvalue weighted by molar-refractivity contribution is -0.120. The largest absolute Gasteiger partial charge is 0.470 e. The number of Topliss-reactive ketones (excluding diaryl/α,β-unsaturated/α-hetero) is 1. The lowest BCUT2D eigenvalue weighted by atomic mass is 10.1. The molecular formula is C15H19N3O2. The molecule has 0 radical (unpaired) electrons. The van der Waals surface area contributed by atoms with E-state index < -0.39 is 0 Å². The molecule has 2 aromatic heterocycles. The van der Waals surface area contributed by atoms with E-state index in [9.17, 15) is 4.79 Å². The number of ketones is 1. The second-order valence-electron chi connectivity index (χ2n) is 5.44. The van der Waals surface area contributed by atoms with Crippen molar-refractivity contribution in [2.24, 2.45) is 7.05 Å². The standard InChI is InChI=1S/C15H19N3O2/c1-4-11(19)8-20-12-7-9(2)13-14(10-5-6-10)17-18(3)15(13)16-12/h7,10H,4-6,8H2,1-3H3. The molecule has 0 amide bonds. The number of aryl methyl sites for hydroxylation is 2. The summed E-state index contributed by atoms with van der Waals surface area (Å²) in [7, 11) is 1.90. The van der Waals surface area contributed by atoms with Gasteiger partial charge in [-0.3, -0.25) is 9.48 Å². The van der Waals surface area contributed by atoms with Gasteiger partial charge in [0.2, 0.25) is 5.88 Å². The van der Waals surface area contributed by atoms with Gasteiger partial charge in [0.25, 0.3) is 0 Å². The van der Waals surface area contributed by atoms with Crippen LogP contribution in [0.1, 0.15) is 43.4 Å². The molecule has 5 nitrogen and oxygen atoms in total. The van der Waals surface area contributed by atoms with E-state index in [2.05, 4.69) is 10.1 Å². The molecule has 5 heteroatoms. The second kappa shape index (κ2) is 4.89. The summed E-state index contributed by atoms with van der Waals surface area (Å²) in [6.07, 6.45) is 2.92. The fourth-order valence-electron chi connectivity index (χ4n) is 2.41. The Balaban J connectivity index is 1.97. The normalized spacial score (nSPS) is 14.8. The minimum Gasteiger partial charge on any atom is -0.470 e. The number of hydrogen-bond donors (Lipinski definition) is 0. The van der Waals surface area contributed by atoms with E-state index in [-0.39, 0.29) is 12.4 Å². The first-order chi connectivity index (χ1) is 9.60. The van der Waals surface area contributed by atoms with Gasteiger partial charge in [-0.05, 0) is 25.3 Å². The van der Waals surface area contributed by atoms with Gasteiger partial charge in [0, 0.05) is 30.8 Å². The lowest BCUT2D eigenvalue weighted by Gasteiger charge is -2.06. The first kappa shape index (κ1) is 13.1. The van der Waals surface area contributed by atoms with Crippen LogP contribution in [0.15, 0.2) is 6.07 Å². The first-order valence-electron chi connectivity index (χ1n) is 7.09. The molecule has 0 unspecified atom stereocenters. The van der Waals surface area contributed by atoms with Gasteiger partial charge in [0.15, 0.2) is 11.4 Å². The highest BCUT2D eigenvalue weighted by Crippen LogP contribution is 2.43. The highest BCUT2D eigenvalue weighted by Gasteiger charge is 2.30. The maximum Gasteiger partial charge on any atom is 0.215 e. The number of ether oxygens (including phenoxy) is 1. The van der Waals surface area contributed by atoms with Gasteiger partial charge in [-0.1, -0.05) is 6.92 Å². The Morgan fingerprint density at radius 3 is 2.90 bits per heavy atom. The van der Waals surface area contributed by atoms with E-state index in [1.54, 1.807) is 0 Å². The fraction of sp³-hybridized carbons (Fsp3) is 0.533. The summed E-state index contributed by atoms with van der Waals surface area (Å²) in [5, 5.41) is 5.74. The van der Waals surface area contributed by atoms with Crippen molar-refractivity contribution in [2.45, 2.75) is 39.0 Å². The van der Waals surface area contributed by atoms with Crippen LogP contribution in [0, 0.1) is 6.92 Å². The number of rotatable bonds is 5. The summed E-state index contributed by atoms with van der Waals surface area (Å²) < 4.78 is 7.30. The number of carbonyl (C=O) groups excluding carboxylic acids is 1. The Kier molecular flexibility index (Phi) is 3.20. The zero-order chi connectivity index (χ0) is 14.3. The average molecular weight is 273 g/mol. The molecule has 0 atom stereocenters. The molecule has 3 rings (SSSR count). The monoisotopic (exact) mass is 273 g/mol. The van der Waals surface area contributed by atoms with Crippen molar-refractivity contribution < 1.29 is 9.53 Å². The summed E-state index contributed by atoms with van der Waals surface area (Å²) in [5.74, 6) is 1.17. The van der Waals surface area contributed by atoms with Gasteiger partial charge in [0.1, 0.15) is 6.61 Å². The highest BCUT2D eigenvalue weighted by atomic mass is 16.5. The van der Waals surface area contributed by atoms with Crippen molar-refractivity contribution in [1.29, 1.82) is 0 Å². The quantitative estimate of drug-likeness (QED) is 0.840. The van der Waals surface area contributed by atoms with Gasteiger partial charge in [-0.25, -0.2) is 0 Å². The van der Waals surface area contributed by atoms with Crippen LogP contribution in [0.25, 0.3) is 11.0 Å². The van der Waals surface area contributed by atoms with Gasteiger partial charge in [0.05, 0.1) is 5.69 Å². The number of fused-ring (bicyclic) bond motifs is 1. The Labute approximate surface area is 117 Å². The third kappa shape index (κ3) is 2.28. The predicted molar refractivity (Wildman–Crippen MR) is 76.0 cm³/mol. The molecule has 0 N–H and O–H groups in total. The number of nitrogens with zero attached hydrogens (tertiary/aromatic N) is 3. The van der Waals surface area contributed by atoms with Gasteiger partial charge < -0.3 is 4.74 Å². The van der Waals surface area contributed by atoms with E-state index in [1.165, 1.54) is 12.8 Å². The van der Waals surface area contributed by atoms with Crippen LogP contribution in [0.2, 0.25) is 0 Å². The van der Waals surface area contributed by atoms with E-state index >= 15 is 0 Å². The van der Waals surface area contributed by atoms with Crippen LogP contribution in [-0.2, 0) is 11.8 Å². The average Bonchev–Trinajstić information content (AvgIpc) is 3.22. The zero-order valence-electron chi connectivity index (χ0n) is 12.1. The molecule has 1 aliphatic carbocycles. The Morgan fingerprint density at radius 2 is 2.25 bits per heavy atom. The Bertz CT molecular complexity index is 671. The zero-order valence-corrected chi connectivity index (χ0v) is 12.1. The van der Waals surface area contributed by atoms with Crippen molar-refractivity contribution in [1.82, 2.24) is 14.8 Å². The summed E-state index contributed by atoms with van der Waals surface area (Å²) in [5.41, 5.74) is 3.11.